The fourth-order valence-corrected chi connectivity index (χ4v) is 4.04. The molecule has 186 valence electrons. The summed E-state index contributed by atoms with van der Waals surface area (Å²) in [5.74, 6) is 1.08. The van der Waals surface area contributed by atoms with Gasteiger partial charge in [0.25, 0.3) is 0 Å². The molecule has 0 aromatic heterocycles. The molecule has 1 fully saturated rings. The molecular formula is C23H32N4O7. The second-order valence-corrected chi connectivity index (χ2v) is 8.33. The van der Waals surface area contributed by atoms with E-state index in [9.17, 15) is 14.7 Å². The number of morpholine rings is 1. The van der Waals surface area contributed by atoms with Gasteiger partial charge in [-0.15, -0.1) is 0 Å². The van der Waals surface area contributed by atoms with Crippen LogP contribution in [0.25, 0.3) is 0 Å². The number of hydrogen-bond acceptors (Lipinski definition) is 8. The number of benzene rings is 1. The zero-order valence-electron chi connectivity index (χ0n) is 19.0. The quantitative estimate of drug-likeness (QED) is 0.299. The molecule has 3 heterocycles. The third kappa shape index (κ3) is 6.83. The maximum atomic E-state index is 12.4. The summed E-state index contributed by atoms with van der Waals surface area (Å²) in [6.45, 7) is 4.78. The van der Waals surface area contributed by atoms with Gasteiger partial charge in [0.2, 0.25) is 12.7 Å². The van der Waals surface area contributed by atoms with Gasteiger partial charge in [0.15, 0.2) is 11.5 Å². The van der Waals surface area contributed by atoms with Gasteiger partial charge in [0, 0.05) is 31.4 Å². The van der Waals surface area contributed by atoms with E-state index in [1.807, 2.05) is 0 Å². The number of aliphatic hydroxyl groups is 1. The molecule has 1 aromatic carbocycles. The van der Waals surface area contributed by atoms with Gasteiger partial charge in [0.05, 0.1) is 38.4 Å². The van der Waals surface area contributed by atoms with E-state index in [-0.39, 0.29) is 25.7 Å². The van der Waals surface area contributed by atoms with Gasteiger partial charge in [-0.25, -0.2) is 4.79 Å². The SMILES string of the molecule is O=C(C[C@H]1C=C[C@H](NC(=O)Nc2ccc3c(c2)OCO3)[C@@H](CO)O1)NCCCN1CCOCC1. The van der Waals surface area contributed by atoms with Crippen LogP contribution in [0.1, 0.15) is 12.8 Å². The van der Waals surface area contributed by atoms with Crippen LogP contribution in [-0.4, -0.2) is 93.0 Å². The summed E-state index contributed by atoms with van der Waals surface area (Å²) in [7, 11) is 0. The zero-order valence-corrected chi connectivity index (χ0v) is 19.0. The van der Waals surface area contributed by atoms with Crippen molar-refractivity contribution in [2.75, 3.05) is 58.1 Å². The van der Waals surface area contributed by atoms with Crippen molar-refractivity contribution in [3.8, 4) is 11.5 Å². The van der Waals surface area contributed by atoms with Crippen molar-refractivity contribution >= 4 is 17.6 Å². The van der Waals surface area contributed by atoms with E-state index in [4.69, 9.17) is 18.9 Å². The Kier molecular flexibility index (Phi) is 8.58. The molecule has 3 aliphatic rings. The van der Waals surface area contributed by atoms with Crippen LogP contribution in [0.5, 0.6) is 11.5 Å². The molecule has 1 aromatic rings. The van der Waals surface area contributed by atoms with Crippen molar-refractivity contribution in [2.45, 2.75) is 31.1 Å². The van der Waals surface area contributed by atoms with E-state index in [1.165, 1.54) is 0 Å². The predicted molar refractivity (Wildman–Crippen MR) is 123 cm³/mol. The fourth-order valence-electron chi connectivity index (χ4n) is 4.04. The molecule has 4 rings (SSSR count). The molecule has 3 atom stereocenters. The molecule has 4 N–H and O–H groups in total. The Balaban J connectivity index is 1.18. The van der Waals surface area contributed by atoms with Crippen LogP contribution in [0.3, 0.4) is 0 Å². The number of carbonyl (C=O) groups is 2. The molecule has 3 aliphatic heterocycles. The number of ether oxygens (including phenoxy) is 4. The topological polar surface area (TPSA) is 131 Å². The third-order valence-corrected chi connectivity index (χ3v) is 5.85. The Morgan fingerprint density at radius 1 is 1.12 bits per heavy atom. The molecule has 0 spiro atoms. The van der Waals surface area contributed by atoms with Gasteiger partial charge in [-0.2, -0.15) is 0 Å². The second-order valence-electron chi connectivity index (χ2n) is 8.33. The number of urea groups is 1. The van der Waals surface area contributed by atoms with Crippen molar-refractivity contribution < 1.29 is 33.6 Å². The van der Waals surface area contributed by atoms with Crippen molar-refractivity contribution in [1.82, 2.24) is 15.5 Å². The van der Waals surface area contributed by atoms with Crippen molar-refractivity contribution in [3.05, 3.63) is 30.4 Å². The van der Waals surface area contributed by atoms with Gasteiger partial charge in [-0.05, 0) is 25.1 Å². The Morgan fingerprint density at radius 2 is 1.94 bits per heavy atom. The first-order chi connectivity index (χ1) is 16.6. The van der Waals surface area contributed by atoms with Gasteiger partial charge in [-0.3, -0.25) is 9.69 Å². The summed E-state index contributed by atoms with van der Waals surface area (Å²) < 4.78 is 21.7. The normalized spacial score (nSPS) is 24.0. The lowest BCUT2D eigenvalue weighted by Gasteiger charge is -2.31. The Bertz CT molecular complexity index is 875. The van der Waals surface area contributed by atoms with E-state index < -0.39 is 24.3 Å². The lowest BCUT2D eigenvalue weighted by Crippen LogP contribution is -2.50. The Hall–Kier alpha value is -2.86. The zero-order chi connectivity index (χ0) is 23.8. The molecular weight excluding hydrogens is 444 g/mol. The molecule has 0 bridgehead atoms. The number of amides is 3. The summed E-state index contributed by atoms with van der Waals surface area (Å²) in [5, 5.41) is 18.2. The van der Waals surface area contributed by atoms with Crippen molar-refractivity contribution in [1.29, 1.82) is 0 Å². The molecule has 0 saturated carbocycles. The second kappa shape index (κ2) is 12.0. The molecule has 11 heteroatoms. The number of carbonyl (C=O) groups excluding carboxylic acids is 2. The minimum Gasteiger partial charge on any atom is -0.454 e. The first-order valence-electron chi connectivity index (χ1n) is 11.6. The molecule has 0 radical (unpaired) electrons. The summed E-state index contributed by atoms with van der Waals surface area (Å²) in [5.41, 5.74) is 0.547. The van der Waals surface area contributed by atoms with Crippen molar-refractivity contribution in [2.24, 2.45) is 0 Å². The number of anilines is 1. The van der Waals surface area contributed by atoms with Gasteiger partial charge in [0.1, 0.15) is 6.10 Å². The monoisotopic (exact) mass is 476 g/mol. The number of rotatable bonds is 9. The summed E-state index contributed by atoms with van der Waals surface area (Å²) in [4.78, 5) is 27.0. The van der Waals surface area contributed by atoms with Crippen molar-refractivity contribution in [3.63, 3.8) is 0 Å². The summed E-state index contributed by atoms with van der Waals surface area (Å²) in [6.07, 6.45) is 3.39. The number of nitrogens with one attached hydrogen (secondary N) is 3. The van der Waals surface area contributed by atoms with E-state index in [2.05, 4.69) is 20.9 Å². The molecule has 1 saturated heterocycles. The predicted octanol–water partition coefficient (Wildman–Crippen LogP) is 0.450. The van der Waals surface area contributed by atoms with E-state index in [1.54, 1.807) is 30.4 Å². The molecule has 11 nitrogen and oxygen atoms in total. The van der Waals surface area contributed by atoms with Gasteiger partial charge >= 0.3 is 6.03 Å². The van der Waals surface area contributed by atoms with Crippen LogP contribution in [0.15, 0.2) is 30.4 Å². The van der Waals surface area contributed by atoms with Gasteiger partial charge < -0.3 is 40.0 Å². The lowest BCUT2D eigenvalue weighted by molar-refractivity contribution is -0.125. The highest BCUT2D eigenvalue weighted by molar-refractivity contribution is 5.90. The molecule has 0 aliphatic carbocycles. The number of aliphatic hydroxyl groups excluding tert-OH is 1. The van der Waals surface area contributed by atoms with Crippen LogP contribution in [-0.2, 0) is 14.3 Å². The highest BCUT2D eigenvalue weighted by Gasteiger charge is 2.29. The Labute approximate surface area is 198 Å². The molecule has 34 heavy (non-hydrogen) atoms. The van der Waals surface area contributed by atoms with E-state index >= 15 is 0 Å². The first kappa shape index (κ1) is 24.3. The smallest absolute Gasteiger partial charge is 0.319 e. The number of fused-ring (bicyclic) bond motifs is 1. The van der Waals surface area contributed by atoms with Crippen LogP contribution >= 0.6 is 0 Å². The van der Waals surface area contributed by atoms with Crippen LogP contribution in [0.4, 0.5) is 10.5 Å². The van der Waals surface area contributed by atoms with Crippen LogP contribution in [0.2, 0.25) is 0 Å². The molecule has 3 amide bonds. The average Bonchev–Trinajstić information content (AvgIpc) is 3.31. The van der Waals surface area contributed by atoms with E-state index in [0.717, 1.165) is 39.3 Å². The van der Waals surface area contributed by atoms with Gasteiger partial charge in [-0.1, -0.05) is 12.2 Å². The maximum Gasteiger partial charge on any atom is 0.319 e. The third-order valence-electron chi connectivity index (χ3n) is 5.85. The summed E-state index contributed by atoms with van der Waals surface area (Å²) in [6, 6.07) is 4.11. The highest BCUT2D eigenvalue weighted by Crippen LogP contribution is 2.34. The minimum atomic E-state index is -0.661. The van der Waals surface area contributed by atoms with Crippen LogP contribution in [0, 0.1) is 0 Å². The standard InChI is InChI=1S/C23H32N4O7/c28-14-21-18(26-23(30)25-16-2-5-19-20(12-16)33-15-32-19)4-3-17(34-21)13-22(29)24-6-1-7-27-8-10-31-11-9-27/h2-5,12,17-18,21,28H,1,6-11,13-15H2,(H,24,29)(H2,25,26,30)/t17-,18+,21-/m1/s1. The lowest BCUT2D eigenvalue weighted by atomic mass is 10.0. The number of hydrogen-bond donors (Lipinski definition) is 4. The number of nitrogens with zero attached hydrogens (tertiary/aromatic N) is 1. The van der Waals surface area contributed by atoms with Crippen LogP contribution < -0.4 is 25.4 Å². The highest BCUT2D eigenvalue weighted by atomic mass is 16.7. The Morgan fingerprint density at radius 3 is 2.76 bits per heavy atom. The fraction of sp³-hybridized carbons (Fsp3) is 0.565. The van der Waals surface area contributed by atoms with E-state index in [0.29, 0.717) is 23.7 Å². The molecule has 0 unspecified atom stereocenters. The minimum absolute atomic E-state index is 0.111. The first-order valence-corrected chi connectivity index (χ1v) is 11.6. The summed E-state index contributed by atoms with van der Waals surface area (Å²) >= 11 is 0. The average molecular weight is 477 g/mol. The maximum absolute atomic E-state index is 12.4. The largest absolute Gasteiger partial charge is 0.454 e.